The summed E-state index contributed by atoms with van der Waals surface area (Å²) < 4.78 is 7.72. The number of amides is 3. The summed E-state index contributed by atoms with van der Waals surface area (Å²) >= 11 is 5.73. The van der Waals surface area contributed by atoms with Crippen LogP contribution in [0.1, 0.15) is 42.7 Å². The maximum atomic E-state index is 14.1. The third kappa shape index (κ3) is 5.11. The molecule has 8 nitrogen and oxygen atoms in total. The van der Waals surface area contributed by atoms with Crippen molar-refractivity contribution in [2.75, 3.05) is 31.2 Å². The molecule has 214 valence electrons. The molecular formula is C30H30BrN3O5S2. The predicted octanol–water partition coefficient (Wildman–Crippen LogP) is 4.62. The Labute approximate surface area is 254 Å². The van der Waals surface area contributed by atoms with E-state index >= 15 is 0 Å². The van der Waals surface area contributed by atoms with E-state index in [2.05, 4.69) is 48.8 Å². The molecule has 2 aromatic carbocycles. The van der Waals surface area contributed by atoms with Crippen molar-refractivity contribution in [3.05, 3.63) is 78.7 Å². The third-order valence-electron chi connectivity index (χ3n) is 7.93. The number of thioether (sulfide) groups is 1. The Hall–Kier alpha value is -2.73. The molecule has 2 unspecified atom stereocenters. The summed E-state index contributed by atoms with van der Waals surface area (Å²) in [5, 5.41) is -0.115. The highest BCUT2D eigenvalue weighted by Crippen LogP contribution is 2.54. The molecule has 3 amide bonds. The maximum absolute atomic E-state index is 14.1. The van der Waals surface area contributed by atoms with E-state index in [0.717, 1.165) is 31.8 Å². The largest absolute Gasteiger partial charge is 0.378 e. The van der Waals surface area contributed by atoms with Crippen molar-refractivity contribution in [3.63, 3.8) is 0 Å². The molecule has 6 rings (SSSR count). The minimum absolute atomic E-state index is 0.0554. The van der Waals surface area contributed by atoms with Gasteiger partial charge in [0, 0.05) is 28.4 Å². The molecule has 3 aliphatic rings. The Bertz CT molecular complexity index is 1570. The minimum atomic E-state index is -0.718. The number of benzene rings is 2. The molecule has 4 heterocycles. The van der Waals surface area contributed by atoms with E-state index in [9.17, 15) is 19.2 Å². The predicted molar refractivity (Wildman–Crippen MR) is 163 cm³/mol. The first-order valence-corrected chi connectivity index (χ1v) is 16.0. The van der Waals surface area contributed by atoms with Crippen LogP contribution < -0.4 is 9.77 Å². The molecule has 11 heteroatoms. The first-order valence-electron chi connectivity index (χ1n) is 13.5. The van der Waals surface area contributed by atoms with Crippen LogP contribution in [-0.4, -0.2) is 58.7 Å². The van der Waals surface area contributed by atoms with Crippen molar-refractivity contribution in [3.8, 4) is 0 Å². The Morgan fingerprint density at radius 3 is 2.27 bits per heavy atom. The van der Waals surface area contributed by atoms with E-state index in [1.807, 2.05) is 12.1 Å². The number of carbonyl (C=O) groups is 3. The molecule has 0 N–H and O–H groups in total. The Morgan fingerprint density at radius 1 is 0.976 bits per heavy atom. The molecule has 2 fully saturated rings. The molecule has 41 heavy (non-hydrogen) atoms. The Kier molecular flexibility index (Phi) is 7.50. The molecule has 0 spiro atoms. The fourth-order valence-corrected chi connectivity index (χ4v) is 8.74. The van der Waals surface area contributed by atoms with Crippen molar-refractivity contribution in [2.45, 2.75) is 48.9 Å². The van der Waals surface area contributed by atoms with Crippen LogP contribution in [0.15, 0.2) is 62.8 Å². The van der Waals surface area contributed by atoms with Gasteiger partial charge in [0.2, 0.25) is 17.7 Å². The quantitative estimate of drug-likeness (QED) is 0.381. The van der Waals surface area contributed by atoms with Gasteiger partial charge in [0.05, 0.1) is 29.8 Å². The number of imide groups is 1. The molecule has 1 aromatic heterocycles. The van der Waals surface area contributed by atoms with Gasteiger partial charge in [-0.25, -0.2) is 4.90 Å². The van der Waals surface area contributed by atoms with Crippen molar-refractivity contribution < 1.29 is 19.1 Å². The highest BCUT2D eigenvalue weighted by molar-refractivity contribution is 9.10. The number of morpholine rings is 1. The molecule has 0 saturated carbocycles. The lowest BCUT2D eigenvalue weighted by Gasteiger charge is -2.31. The van der Waals surface area contributed by atoms with Crippen LogP contribution in [0.2, 0.25) is 0 Å². The number of halogens is 1. The summed E-state index contributed by atoms with van der Waals surface area (Å²) in [6.07, 6.45) is 0. The molecular weight excluding hydrogens is 626 g/mol. The van der Waals surface area contributed by atoms with Gasteiger partial charge in [-0.3, -0.25) is 23.7 Å². The topological polar surface area (TPSA) is 88.9 Å². The van der Waals surface area contributed by atoms with E-state index in [1.54, 1.807) is 29.2 Å². The molecule has 2 saturated heterocycles. The number of anilines is 1. The molecule has 3 aliphatic heterocycles. The number of hydrogen-bond donors (Lipinski definition) is 0. The summed E-state index contributed by atoms with van der Waals surface area (Å²) in [5.74, 6) is -1.90. The molecule has 0 radical (unpaired) electrons. The van der Waals surface area contributed by atoms with Crippen molar-refractivity contribution in [1.29, 1.82) is 0 Å². The molecule has 3 atom stereocenters. The summed E-state index contributed by atoms with van der Waals surface area (Å²) in [7, 11) is 0. The Morgan fingerprint density at radius 2 is 1.63 bits per heavy atom. The zero-order valence-electron chi connectivity index (χ0n) is 23.0. The first kappa shape index (κ1) is 28.4. The number of hydrogen-bond acceptors (Lipinski definition) is 7. The van der Waals surface area contributed by atoms with Gasteiger partial charge in [0.25, 0.3) is 0 Å². The van der Waals surface area contributed by atoms with Crippen LogP contribution in [0.5, 0.6) is 0 Å². The number of nitrogens with zero attached hydrogens (tertiary/aromatic N) is 3. The monoisotopic (exact) mass is 655 g/mol. The number of aromatic nitrogens is 1. The van der Waals surface area contributed by atoms with Crippen LogP contribution >= 0.6 is 39.0 Å². The van der Waals surface area contributed by atoms with E-state index in [0.29, 0.717) is 37.0 Å². The van der Waals surface area contributed by atoms with Gasteiger partial charge in [-0.15, -0.1) is 0 Å². The van der Waals surface area contributed by atoms with Gasteiger partial charge < -0.3 is 9.64 Å². The second-order valence-corrected chi connectivity index (χ2v) is 14.6. The lowest BCUT2D eigenvalue weighted by atomic mass is 9.81. The van der Waals surface area contributed by atoms with Crippen LogP contribution in [0.4, 0.5) is 5.69 Å². The lowest BCUT2D eigenvalue weighted by molar-refractivity contribution is -0.136. The zero-order chi connectivity index (χ0) is 29.1. The van der Waals surface area contributed by atoms with Crippen LogP contribution in [0.25, 0.3) is 0 Å². The number of rotatable bonds is 4. The number of ether oxygens (including phenoxy) is 1. The average Bonchev–Trinajstić information content (AvgIpc) is 3.40. The SMILES string of the molecule is CC(C)(C)c1ccc([C@H]2c3sc(=O)n(CC(=O)N4CCOCC4)c3SC3C(=O)N(c4ccc(Br)cc4)C(=O)C32)cc1. The minimum Gasteiger partial charge on any atom is -0.378 e. The van der Waals surface area contributed by atoms with E-state index in [-0.39, 0.29) is 34.6 Å². The summed E-state index contributed by atoms with van der Waals surface area (Å²) in [4.78, 5) is 58.0. The second kappa shape index (κ2) is 10.8. The third-order valence-corrected chi connectivity index (χ3v) is 11.1. The molecule has 3 aromatic rings. The van der Waals surface area contributed by atoms with Gasteiger partial charge in [-0.1, -0.05) is 84.1 Å². The van der Waals surface area contributed by atoms with Gasteiger partial charge in [0.1, 0.15) is 11.8 Å². The van der Waals surface area contributed by atoms with Crippen molar-refractivity contribution in [2.24, 2.45) is 5.92 Å². The molecule has 0 aliphatic carbocycles. The summed E-state index contributed by atoms with van der Waals surface area (Å²) in [6, 6.07) is 15.2. The Balaban J connectivity index is 1.44. The summed E-state index contributed by atoms with van der Waals surface area (Å²) in [5.41, 5.74) is 2.49. The van der Waals surface area contributed by atoms with Gasteiger partial charge >= 0.3 is 4.87 Å². The highest BCUT2D eigenvalue weighted by Gasteiger charge is 2.56. The van der Waals surface area contributed by atoms with Gasteiger partial charge in [-0.05, 0) is 40.8 Å². The van der Waals surface area contributed by atoms with Gasteiger partial charge in [0.15, 0.2) is 0 Å². The van der Waals surface area contributed by atoms with E-state index in [1.165, 1.54) is 21.2 Å². The zero-order valence-corrected chi connectivity index (χ0v) is 26.2. The number of fused-ring (bicyclic) bond motifs is 2. The highest BCUT2D eigenvalue weighted by atomic mass is 79.9. The smallest absolute Gasteiger partial charge is 0.308 e. The van der Waals surface area contributed by atoms with Crippen LogP contribution in [0.3, 0.4) is 0 Å². The normalized spacial score (nSPS) is 22.6. The van der Waals surface area contributed by atoms with Crippen LogP contribution in [-0.2, 0) is 31.1 Å². The number of thiazole rings is 1. The molecule has 0 bridgehead atoms. The standard InChI is InChI=1S/C30H30BrN3O5S2/c1-30(2,3)18-6-4-17(5-7-18)22-23-24(27(37)34(26(23)36)20-10-8-19(31)9-11-20)40-28-25(22)41-29(38)33(28)16-21(35)32-12-14-39-15-13-32/h4-11,22-24H,12-16H2,1-3H3/t22-,23?,24?/m1/s1. The van der Waals surface area contributed by atoms with E-state index < -0.39 is 17.1 Å². The lowest BCUT2D eigenvalue weighted by Crippen LogP contribution is -2.43. The van der Waals surface area contributed by atoms with E-state index in [4.69, 9.17) is 4.74 Å². The summed E-state index contributed by atoms with van der Waals surface area (Å²) in [6.45, 7) is 8.21. The maximum Gasteiger partial charge on any atom is 0.308 e. The first-order chi connectivity index (χ1) is 19.5. The fourth-order valence-electron chi connectivity index (χ4n) is 5.70. The van der Waals surface area contributed by atoms with Crippen molar-refractivity contribution >= 4 is 62.4 Å². The fraction of sp³-hybridized carbons (Fsp3) is 0.400. The second-order valence-electron chi connectivity index (χ2n) is 11.5. The van der Waals surface area contributed by atoms with Crippen LogP contribution in [0, 0.1) is 5.92 Å². The average molecular weight is 657 g/mol. The van der Waals surface area contributed by atoms with Crippen molar-refractivity contribution in [1.82, 2.24) is 9.47 Å². The number of carbonyl (C=O) groups excluding carboxylic acids is 3. The van der Waals surface area contributed by atoms with Gasteiger partial charge in [-0.2, -0.15) is 0 Å².